The van der Waals surface area contributed by atoms with Crippen LogP contribution in [0.4, 0.5) is 5.69 Å². The highest BCUT2D eigenvalue weighted by atomic mass is 35.5. The lowest BCUT2D eigenvalue weighted by molar-refractivity contribution is -0.119. The lowest BCUT2D eigenvalue weighted by atomic mass is 10.2. The molecule has 0 radical (unpaired) electrons. The molecule has 9 nitrogen and oxygen atoms in total. The van der Waals surface area contributed by atoms with Crippen LogP contribution in [0.5, 0.6) is 5.75 Å². The number of anilines is 1. The topological polar surface area (TPSA) is 122 Å². The Balaban J connectivity index is 1.67. The molecule has 1 aliphatic rings. The number of ether oxygens (including phenoxy) is 2. The quantitative estimate of drug-likeness (QED) is 0.639. The van der Waals surface area contributed by atoms with Gasteiger partial charge in [-0.3, -0.25) is 4.79 Å². The molecule has 2 N–H and O–H groups in total. The predicted octanol–water partition coefficient (Wildman–Crippen LogP) is 1.86. The van der Waals surface area contributed by atoms with Crippen molar-refractivity contribution in [1.82, 2.24) is 4.31 Å². The highest BCUT2D eigenvalue weighted by Gasteiger charge is 2.28. The van der Waals surface area contributed by atoms with Gasteiger partial charge in [0.1, 0.15) is 16.2 Å². The molecule has 30 heavy (non-hydrogen) atoms. The van der Waals surface area contributed by atoms with Gasteiger partial charge < -0.3 is 19.9 Å². The average molecular weight is 455 g/mol. The largest absolute Gasteiger partial charge is 0.507 e. The number of nitrogens with one attached hydrogen (secondary N) is 1. The minimum absolute atomic E-state index is 0.0190. The standard InChI is InChI=1S/C19H19ClN2O7S/c20-15-6-5-13(11-17(15)30(26,27)22-7-9-28-10-8-22)21-18(24)12-29-19(25)14-3-1-2-4-16(14)23/h1-6,11,23H,7-10,12H2,(H,21,24). The number of hydrogen-bond donors (Lipinski definition) is 2. The fraction of sp³-hybridized carbons (Fsp3) is 0.263. The molecule has 2 aromatic carbocycles. The molecule has 1 heterocycles. The Bertz CT molecular complexity index is 1050. The summed E-state index contributed by atoms with van der Waals surface area (Å²) in [5.74, 6) is -1.82. The maximum absolute atomic E-state index is 12.8. The molecule has 0 saturated carbocycles. The summed E-state index contributed by atoms with van der Waals surface area (Å²) < 4.78 is 37.0. The van der Waals surface area contributed by atoms with Crippen LogP contribution in [0.25, 0.3) is 0 Å². The highest BCUT2D eigenvalue weighted by molar-refractivity contribution is 7.89. The third-order valence-electron chi connectivity index (χ3n) is 4.26. The van der Waals surface area contributed by atoms with E-state index in [9.17, 15) is 23.1 Å². The number of rotatable bonds is 6. The molecule has 11 heteroatoms. The first kappa shape index (κ1) is 22.0. The number of phenols is 1. The molecule has 0 bridgehead atoms. The van der Waals surface area contributed by atoms with E-state index >= 15 is 0 Å². The fourth-order valence-electron chi connectivity index (χ4n) is 2.76. The van der Waals surface area contributed by atoms with Crippen LogP contribution in [0.15, 0.2) is 47.4 Å². The number of carbonyl (C=O) groups excluding carboxylic acids is 2. The zero-order valence-electron chi connectivity index (χ0n) is 15.7. The minimum atomic E-state index is -3.86. The van der Waals surface area contributed by atoms with Gasteiger partial charge in [0, 0.05) is 18.8 Å². The normalized spacial score (nSPS) is 14.8. The molecule has 0 aliphatic carbocycles. The number of phenolic OH excluding ortho intramolecular Hbond substituents is 1. The number of carbonyl (C=O) groups is 2. The second kappa shape index (κ2) is 9.43. The zero-order valence-corrected chi connectivity index (χ0v) is 17.3. The summed E-state index contributed by atoms with van der Waals surface area (Å²) >= 11 is 6.08. The Hall–Kier alpha value is -2.66. The number of sulfonamides is 1. The van der Waals surface area contributed by atoms with Crippen molar-refractivity contribution in [2.45, 2.75) is 4.90 Å². The number of aromatic hydroxyl groups is 1. The van der Waals surface area contributed by atoms with E-state index in [4.69, 9.17) is 21.1 Å². The van der Waals surface area contributed by atoms with Crippen LogP contribution in [-0.4, -0.2) is 62.6 Å². The molecule has 1 saturated heterocycles. The Labute approximate surface area is 178 Å². The SMILES string of the molecule is O=C(COC(=O)c1ccccc1O)Nc1ccc(Cl)c(S(=O)(=O)N2CCOCC2)c1. The van der Waals surface area contributed by atoms with Crippen molar-refractivity contribution in [3.05, 3.63) is 53.1 Å². The molecule has 0 spiro atoms. The summed E-state index contributed by atoms with van der Waals surface area (Å²) in [7, 11) is -3.86. The van der Waals surface area contributed by atoms with E-state index in [0.717, 1.165) is 0 Å². The molecular weight excluding hydrogens is 436 g/mol. The Morgan fingerprint density at radius 2 is 1.87 bits per heavy atom. The van der Waals surface area contributed by atoms with Crippen LogP contribution < -0.4 is 5.32 Å². The fourth-order valence-corrected chi connectivity index (χ4v) is 4.67. The van der Waals surface area contributed by atoms with Gasteiger partial charge in [-0.1, -0.05) is 23.7 Å². The van der Waals surface area contributed by atoms with Gasteiger partial charge in [-0.05, 0) is 30.3 Å². The molecule has 1 fully saturated rings. The molecule has 3 rings (SSSR count). The van der Waals surface area contributed by atoms with Crippen molar-refractivity contribution < 1.29 is 32.6 Å². The van der Waals surface area contributed by atoms with Crippen molar-refractivity contribution in [3.8, 4) is 5.75 Å². The Morgan fingerprint density at radius 3 is 2.57 bits per heavy atom. The molecule has 0 aromatic heterocycles. The van der Waals surface area contributed by atoms with Crippen molar-refractivity contribution >= 4 is 39.2 Å². The summed E-state index contributed by atoms with van der Waals surface area (Å²) in [6.07, 6.45) is 0. The van der Waals surface area contributed by atoms with Crippen LogP contribution in [0, 0.1) is 0 Å². The maximum atomic E-state index is 12.8. The Kier molecular flexibility index (Phi) is 6.93. The summed E-state index contributed by atoms with van der Waals surface area (Å²) in [6, 6.07) is 9.80. The van der Waals surface area contributed by atoms with Crippen LogP contribution in [0.1, 0.15) is 10.4 Å². The van der Waals surface area contributed by atoms with Gasteiger partial charge in [0.05, 0.1) is 18.2 Å². The summed E-state index contributed by atoms with van der Waals surface area (Å²) in [5, 5.41) is 12.1. The first-order valence-corrected chi connectivity index (χ1v) is 10.7. The van der Waals surface area contributed by atoms with Gasteiger partial charge in [0.2, 0.25) is 10.0 Å². The summed E-state index contributed by atoms with van der Waals surface area (Å²) in [5.41, 5.74) is 0.102. The lowest BCUT2D eigenvalue weighted by Crippen LogP contribution is -2.40. The number of benzene rings is 2. The second-order valence-electron chi connectivity index (χ2n) is 6.30. The number of amides is 1. The first-order valence-electron chi connectivity index (χ1n) is 8.91. The third kappa shape index (κ3) is 5.08. The van der Waals surface area contributed by atoms with E-state index in [1.54, 1.807) is 12.1 Å². The van der Waals surface area contributed by atoms with Crippen LogP contribution in [-0.2, 0) is 24.3 Å². The van der Waals surface area contributed by atoms with E-state index in [1.165, 1.54) is 34.6 Å². The molecule has 2 aromatic rings. The van der Waals surface area contributed by atoms with Gasteiger partial charge in [-0.25, -0.2) is 13.2 Å². The lowest BCUT2D eigenvalue weighted by Gasteiger charge is -2.26. The van der Waals surface area contributed by atoms with E-state index in [1.807, 2.05) is 0 Å². The van der Waals surface area contributed by atoms with Gasteiger partial charge in [-0.15, -0.1) is 0 Å². The number of hydrogen-bond acceptors (Lipinski definition) is 7. The summed E-state index contributed by atoms with van der Waals surface area (Å²) in [6.45, 7) is 0.363. The molecule has 160 valence electrons. The average Bonchev–Trinajstić information content (AvgIpc) is 2.74. The number of para-hydroxylation sites is 1. The third-order valence-corrected chi connectivity index (χ3v) is 6.64. The molecule has 0 atom stereocenters. The van der Waals surface area contributed by atoms with E-state index in [0.29, 0.717) is 0 Å². The maximum Gasteiger partial charge on any atom is 0.342 e. The number of esters is 1. The van der Waals surface area contributed by atoms with Gasteiger partial charge >= 0.3 is 5.97 Å². The molecule has 0 unspecified atom stereocenters. The van der Waals surface area contributed by atoms with Gasteiger partial charge in [0.15, 0.2) is 6.61 Å². The van der Waals surface area contributed by atoms with Crippen molar-refractivity contribution in [2.24, 2.45) is 0 Å². The van der Waals surface area contributed by atoms with Gasteiger partial charge in [0.25, 0.3) is 5.91 Å². The first-order chi connectivity index (χ1) is 14.3. The number of halogens is 1. The molecular formula is C19H19ClN2O7S. The predicted molar refractivity (Wildman–Crippen MR) is 108 cm³/mol. The van der Waals surface area contributed by atoms with Crippen molar-refractivity contribution in [1.29, 1.82) is 0 Å². The number of morpholine rings is 1. The highest BCUT2D eigenvalue weighted by Crippen LogP contribution is 2.28. The smallest absolute Gasteiger partial charge is 0.342 e. The van der Waals surface area contributed by atoms with E-state index < -0.39 is 28.5 Å². The van der Waals surface area contributed by atoms with Crippen LogP contribution in [0.2, 0.25) is 5.02 Å². The van der Waals surface area contributed by atoms with Gasteiger partial charge in [-0.2, -0.15) is 4.31 Å². The minimum Gasteiger partial charge on any atom is -0.507 e. The molecule has 1 aliphatic heterocycles. The summed E-state index contributed by atoms with van der Waals surface area (Å²) in [4.78, 5) is 23.9. The van der Waals surface area contributed by atoms with Crippen LogP contribution in [0.3, 0.4) is 0 Å². The Morgan fingerprint density at radius 1 is 1.17 bits per heavy atom. The molecule has 1 amide bonds. The number of nitrogens with zero attached hydrogens (tertiary/aromatic N) is 1. The van der Waals surface area contributed by atoms with Crippen molar-refractivity contribution in [3.63, 3.8) is 0 Å². The monoisotopic (exact) mass is 454 g/mol. The second-order valence-corrected chi connectivity index (χ2v) is 8.62. The van der Waals surface area contributed by atoms with E-state index in [-0.39, 0.29) is 53.2 Å². The van der Waals surface area contributed by atoms with Crippen molar-refractivity contribution in [2.75, 3.05) is 38.2 Å². The zero-order chi connectivity index (χ0) is 21.7. The van der Waals surface area contributed by atoms with Crippen LogP contribution >= 0.6 is 11.6 Å². The van der Waals surface area contributed by atoms with E-state index in [2.05, 4.69) is 5.32 Å².